The lowest BCUT2D eigenvalue weighted by molar-refractivity contribution is -0.136. The fourth-order valence-corrected chi connectivity index (χ4v) is 4.71. The standard InChI is InChI=1S/C26H23F3N4O2/c1-16-9-11-19(12-10-16)33-25-24(17(2)30-33)20(26(27,28)29)14-22(34)32(25)15-23(35)31-13-5-7-18-6-3-4-8-21(18)31/h3-4,6,8-12,14H,5,7,13,15H2,1-2H3. The summed E-state index contributed by atoms with van der Waals surface area (Å²) in [4.78, 5) is 28.1. The van der Waals surface area contributed by atoms with Crippen molar-refractivity contribution in [3.8, 4) is 5.69 Å². The van der Waals surface area contributed by atoms with Crippen LogP contribution in [0.5, 0.6) is 0 Å². The maximum atomic E-state index is 13.9. The number of para-hydroxylation sites is 1. The molecule has 5 rings (SSSR count). The Morgan fingerprint density at radius 3 is 2.49 bits per heavy atom. The number of alkyl halides is 3. The van der Waals surface area contributed by atoms with Gasteiger partial charge in [-0.15, -0.1) is 0 Å². The maximum Gasteiger partial charge on any atom is 0.417 e. The minimum atomic E-state index is -4.75. The zero-order valence-electron chi connectivity index (χ0n) is 19.3. The summed E-state index contributed by atoms with van der Waals surface area (Å²) in [6.07, 6.45) is -3.15. The van der Waals surface area contributed by atoms with Crippen LogP contribution in [-0.2, 0) is 23.9 Å². The summed E-state index contributed by atoms with van der Waals surface area (Å²) in [6.45, 7) is 3.44. The van der Waals surface area contributed by atoms with E-state index in [0.29, 0.717) is 18.3 Å². The van der Waals surface area contributed by atoms with Crippen LogP contribution < -0.4 is 10.5 Å². The normalized spacial score (nSPS) is 13.8. The molecule has 0 aliphatic carbocycles. The van der Waals surface area contributed by atoms with Crippen LogP contribution in [0, 0.1) is 13.8 Å². The third-order valence-electron chi connectivity index (χ3n) is 6.38. The van der Waals surface area contributed by atoms with Crippen molar-refractivity contribution < 1.29 is 18.0 Å². The Morgan fingerprint density at radius 2 is 1.77 bits per heavy atom. The summed E-state index contributed by atoms with van der Waals surface area (Å²) < 4.78 is 44.2. The first-order valence-corrected chi connectivity index (χ1v) is 11.3. The number of rotatable bonds is 3. The third kappa shape index (κ3) is 4.00. The van der Waals surface area contributed by atoms with Crippen LogP contribution in [-0.4, -0.2) is 26.8 Å². The number of amides is 1. The van der Waals surface area contributed by atoms with Gasteiger partial charge in [0, 0.05) is 18.3 Å². The lowest BCUT2D eigenvalue weighted by atomic mass is 10.0. The van der Waals surface area contributed by atoms with Crippen molar-refractivity contribution in [3.63, 3.8) is 0 Å². The highest BCUT2D eigenvalue weighted by atomic mass is 19.4. The molecule has 1 aliphatic heterocycles. The van der Waals surface area contributed by atoms with Gasteiger partial charge < -0.3 is 4.90 Å². The van der Waals surface area contributed by atoms with Gasteiger partial charge in [0.15, 0.2) is 0 Å². The number of pyridine rings is 1. The number of hydrogen-bond acceptors (Lipinski definition) is 3. The second-order valence-electron chi connectivity index (χ2n) is 8.79. The van der Waals surface area contributed by atoms with Crippen molar-refractivity contribution in [2.75, 3.05) is 11.4 Å². The van der Waals surface area contributed by atoms with E-state index in [0.717, 1.165) is 34.2 Å². The largest absolute Gasteiger partial charge is 0.417 e. The molecule has 0 bridgehead atoms. The first-order valence-electron chi connectivity index (χ1n) is 11.3. The number of aromatic nitrogens is 3. The molecule has 35 heavy (non-hydrogen) atoms. The number of halogens is 3. The molecule has 0 unspecified atom stereocenters. The summed E-state index contributed by atoms with van der Waals surface area (Å²) in [7, 11) is 0. The van der Waals surface area contributed by atoms with Gasteiger partial charge in [0.1, 0.15) is 12.2 Å². The van der Waals surface area contributed by atoms with Crippen molar-refractivity contribution in [1.82, 2.24) is 14.3 Å². The number of aryl methyl sites for hydroxylation is 3. The number of hydrogen-bond donors (Lipinski definition) is 0. The average molecular weight is 480 g/mol. The number of fused-ring (bicyclic) bond motifs is 2. The number of carbonyl (C=O) groups is 1. The van der Waals surface area contributed by atoms with Crippen LogP contribution in [0.2, 0.25) is 0 Å². The lowest BCUT2D eigenvalue weighted by Gasteiger charge is -2.29. The molecule has 0 fully saturated rings. The monoisotopic (exact) mass is 480 g/mol. The van der Waals surface area contributed by atoms with E-state index in [-0.39, 0.29) is 22.6 Å². The Hall–Kier alpha value is -3.88. The molecule has 1 amide bonds. The maximum absolute atomic E-state index is 13.9. The highest BCUT2D eigenvalue weighted by molar-refractivity contribution is 5.95. The van der Waals surface area contributed by atoms with E-state index >= 15 is 0 Å². The fourth-order valence-electron chi connectivity index (χ4n) is 4.71. The number of anilines is 1. The molecule has 0 saturated heterocycles. The zero-order valence-corrected chi connectivity index (χ0v) is 19.3. The van der Waals surface area contributed by atoms with Crippen molar-refractivity contribution in [3.05, 3.63) is 87.3 Å². The number of nitrogens with zero attached hydrogens (tertiary/aromatic N) is 4. The topological polar surface area (TPSA) is 60.1 Å². The first-order chi connectivity index (χ1) is 16.6. The number of benzene rings is 2. The molecule has 6 nitrogen and oxygen atoms in total. The summed E-state index contributed by atoms with van der Waals surface area (Å²) in [5.41, 5.74) is 1.37. The highest BCUT2D eigenvalue weighted by Gasteiger charge is 2.37. The van der Waals surface area contributed by atoms with Gasteiger partial charge in [-0.25, -0.2) is 4.68 Å². The molecule has 0 spiro atoms. The number of carbonyl (C=O) groups excluding carboxylic acids is 1. The molecule has 9 heteroatoms. The Balaban J connectivity index is 1.70. The van der Waals surface area contributed by atoms with Crippen LogP contribution in [0.4, 0.5) is 18.9 Å². The van der Waals surface area contributed by atoms with E-state index in [1.165, 1.54) is 11.6 Å². The molecule has 0 saturated carbocycles. The SMILES string of the molecule is Cc1ccc(-n2nc(C)c3c(C(F)(F)F)cc(=O)n(CC(=O)N4CCCc5ccccc54)c32)cc1. The average Bonchev–Trinajstić information content (AvgIpc) is 3.16. The lowest BCUT2D eigenvalue weighted by Crippen LogP contribution is -2.40. The van der Waals surface area contributed by atoms with E-state index in [4.69, 9.17) is 0 Å². The summed E-state index contributed by atoms with van der Waals surface area (Å²) in [5, 5.41) is 4.16. The second kappa shape index (κ2) is 8.41. The van der Waals surface area contributed by atoms with E-state index < -0.39 is 23.8 Å². The smallest absolute Gasteiger partial charge is 0.311 e. The van der Waals surface area contributed by atoms with Crippen LogP contribution in [0.3, 0.4) is 0 Å². The minimum Gasteiger partial charge on any atom is -0.311 e. The first kappa shape index (κ1) is 22.9. The minimum absolute atomic E-state index is 0.0511. The third-order valence-corrected chi connectivity index (χ3v) is 6.38. The van der Waals surface area contributed by atoms with Gasteiger partial charge >= 0.3 is 6.18 Å². The van der Waals surface area contributed by atoms with Crippen molar-refractivity contribution >= 4 is 22.6 Å². The Labute approximate surface area is 199 Å². The molecule has 1 aliphatic rings. The van der Waals surface area contributed by atoms with E-state index in [2.05, 4.69) is 5.10 Å². The zero-order chi connectivity index (χ0) is 24.9. The quantitative estimate of drug-likeness (QED) is 0.423. The molecule has 2 aromatic carbocycles. The molecule has 4 aromatic rings. The second-order valence-corrected chi connectivity index (χ2v) is 8.79. The van der Waals surface area contributed by atoms with E-state index in [1.54, 1.807) is 17.0 Å². The van der Waals surface area contributed by atoms with E-state index in [9.17, 15) is 22.8 Å². The van der Waals surface area contributed by atoms with Crippen molar-refractivity contribution in [2.45, 2.75) is 39.4 Å². The molecular formula is C26H23F3N4O2. The summed E-state index contributed by atoms with van der Waals surface area (Å²) in [5.74, 6) is -0.366. The molecule has 180 valence electrons. The van der Waals surface area contributed by atoms with Crippen LogP contribution in [0.25, 0.3) is 16.7 Å². The van der Waals surface area contributed by atoms with Crippen molar-refractivity contribution in [2.24, 2.45) is 0 Å². The van der Waals surface area contributed by atoms with Crippen LogP contribution in [0.1, 0.15) is 28.8 Å². The van der Waals surface area contributed by atoms with Gasteiger partial charge in [-0.1, -0.05) is 35.9 Å². The Morgan fingerprint density at radius 1 is 1.06 bits per heavy atom. The van der Waals surface area contributed by atoms with Gasteiger partial charge in [0.25, 0.3) is 5.56 Å². The van der Waals surface area contributed by atoms with Crippen LogP contribution in [0.15, 0.2) is 59.4 Å². The predicted molar refractivity (Wildman–Crippen MR) is 127 cm³/mol. The molecule has 3 heterocycles. The summed E-state index contributed by atoms with van der Waals surface area (Å²) >= 11 is 0. The molecular weight excluding hydrogens is 457 g/mol. The van der Waals surface area contributed by atoms with Gasteiger partial charge in [0.05, 0.1) is 22.3 Å². The summed E-state index contributed by atoms with van der Waals surface area (Å²) in [6, 6.07) is 15.2. The predicted octanol–water partition coefficient (Wildman–Crippen LogP) is 4.80. The van der Waals surface area contributed by atoms with Gasteiger partial charge in [-0.2, -0.15) is 18.3 Å². The van der Waals surface area contributed by atoms with E-state index in [1.807, 2.05) is 43.3 Å². The van der Waals surface area contributed by atoms with Gasteiger partial charge in [-0.05, 0) is 50.5 Å². The van der Waals surface area contributed by atoms with Gasteiger partial charge in [-0.3, -0.25) is 14.2 Å². The fraction of sp³-hybridized carbons (Fsp3) is 0.269. The molecule has 0 atom stereocenters. The van der Waals surface area contributed by atoms with Crippen molar-refractivity contribution in [1.29, 1.82) is 0 Å². The molecule has 2 aromatic heterocycles. The Bertz CT molecular complexity index is 1500. The Kier molecular flexibility index (Phi) is 5.50. The van der Waals surface area contributed by atoms with Gasteiger partial charge in [0.2, 0.25) is 5.91 Å². The van der Waals surface area contributed by atoms with Crippen LogP contribution >= 0.6 is 0 Å². The molecule has 0 N–H and O–H groups in total. The highest BCUT2D eigenvalue weighted by Crippen LogP contribution is 2.36. The molecule has 0 radical (unpaired) electrons.